The van der Waals surface area contributed by atoms with Crippen molar-refractivity contribution in [3.05, 3.63) is 106 Å². The summed E-state index contributed by atoms with van der Waals surface area (Å²) >= 11 is 0. The van der Waals surface area contributed by atoms with Crippen molar-refractivity contribution < 1.29 is 0 Å². The predicted molar refractivity (Wildman–Crippen MR) is 113 cm³/mol. The van der Waals surface area contributed by atoms with Crippen molar-refractivity contribution in [3.8, 4) is 0 Å². The lowest BCUT2D eigenvalue weighted by Gasteiger charge is -2.10. The molecule has 26 heavy (non-hydrogen) atoms. The molecule has 134 valence electrons. The largest absolute Gasteiger partial charge is 0.0613 e. The lowest BCUT2D eigenvalue weighted by atomic mass is 9.96. The van der Waals surface area contributed by atoms with E-state index in [4.69, 9.17) is 0 Å². The molecular formula is C26H30. The Morgan fingerprint density at radius 2 is 0.846 bits per heavy atom. The minimum absolute atomic E-state index is 1.01. The zero-order valence-electron chi connectivity index (χ0n) is 16.4. The van der Waals surface area contributed by atoms with Crippen LogP contribution in [0.5, 0.6) is 0 Å². The van der Waals surface area contributed by atoms with Crippen molar-refractivity contribution >= 4 is 0 Å². The van der Waals surface area contributed by atoms with Gasteiger partial charge in [-0.1, -0.05) is 87.5 Å². The molecule has 3 aromatic carbocycles. The van der Waals surface area contributed by atoms with Crippen LogP contribution < -0.4 is 0 Å². The first-order valence-electron chi connectivity index (χ1n) is 9.98. The van der Waals surface area contributed by atoms with Gasteiger partial charge in [0.05, 0.1) is 0 Å². The Balaban J connectivity index is 1.67. The van der Waals surface area contributed by atoms with Crippen LogP contribution in [0.2, 0.25) is 0 Å². The molecular weight excluding hydrogens is 312 g/mol. The van der Waals surface area contributed by atoms with Crippen LogP contribution in [-0.4, -0.2) is 0 Å². The molecule has 0 saturated carbocycles. The molecule has 0 aliphatic heterocycles. The van der Waals surface area contributed by atoms with Crippen LogP contribution in [-0.2, 0) is 32.1 Å². The topological polar surface area (TPSA) is 0 Å². The molecule has 0 heteroatoms. The molecule has 0 N–H and O–H groups in total. The molecule has 0 amide bonds. The Morgan fingerprint density at radius 3 is 1.31 bits per heavy atom. The fourth-order valence-corrected chi connectivity index (χ4v) is 3.60. The van der Waals surface area contributed by atoms with Gasteiger partial charge in [0.2, 0.25) is 0 Å². The average Bonchev–Trinajstić information content (AvgIpc) is 2.70. The van der Waals surface area contributed by atoms with E-state index in [0.29, 0.717) is 0 Å². The van der Waals surface area contributed by atoms with E-state index >= 15 is 0 Å². The van der Waals surface area contributed by atoms with Gasteiger partial charge in [-0.2, -0.15) is 0 Å². The van der Waals surface area contributed by atoms with Gasteiger partial charge in [0.1, 0.15) is 0 Å². The van der Waals surface area contributed by atoms with Gasteiger partial charge in [-0.05, 0) is 71.0 Å². The Hall–Kier alpha value is -2.34. The highest BCUT2D eigenvalue weighted by Gasteiger charge is 2.03. The second-order valence-corrected chi connectivity index (χ2v) is 7.15. The molecule has 0 aliphatic rings. The number of rotatable bonds is 7. The molecule has 0 spiro atoms. The van der Waals surface area contributed by atoms with E-state index in [1.807, 2.05) is 0 Å². The second kappa shape index (κ2) is 8.85. The summed E-state index contributed by atoms with van der Waals surface area (Å²) in [4.78, 5) is 0. The van der Waals surface area contributed by atoms with Gasteiger partial charge < -0.3 is 0 Å². The first kappa shape index (κ1) is 18.5. The number of aryl methyl sites for hydroxylation is 3. The SMILES string of the molecule is CCc1ccc(Cc2ccc(Cc3ccc(CC)c(CC)c3)cc2)cc1. The number of hydrogen-bond acceptors (Lipinski definition) is 0. The van der Waals surface area contributed by atoms with Crippen molar-refractivity contribution in [2.24, 2.45) is 0 Å². The molecule has 0 atom stereocenters. The molecule has 0 aromatic heterocycles. The van der Waals surface area contributed by atoms with Gasteiger partial charge in [-0.3, -0.25) is 0 Å². The predicted octanol–water partition coefficient (Wildman–Crippen LogP) is 6.56. The van der Waals surface area contributed by atoms with Gasteiger partial charge in [-0.15, -0.1) is 0 Å². The monoisotopic (exact) mass is 342 g/mol. The fourth-order valence-electron chi connectivity index (χ4n) is 3.60. The first-order chi connectivity index (χ1) is 12.7. The third-order valence-electron chi connectivity index (χ3n) is 5.30. The van der Waals surface area contributed by atoms with Crippen LogP contribution in [0.1, 0.15) is 59.7 Å². The van der Waals surface area contributed by atoms with Crippen molar-refractivity contribution in [1.82, 2.24) is 0 Å². The van der Waals surface area contributed by atoms with Crippen molar-refractivity contribution in [2.45, 2.75) is 52.9 Å². The van der Waals surface area contributed by atoms with Crippen molar-refractivity contribution in [1.29, 1.82) is 0 Å². The van der Waals surface area contributed by atoms with Crippen molar-refractivity contribution in [3.63, 3.8) is 0 Å². The van der Waals surface area contributed by atoms with Gasteiger partial charge in [0, 0.05) is 0 Å². The summed E-state index contributed by atoms with van der Waals surface area (Å²) in [7, 11) is 0. The molecule has 3 aromatic rings. The standard InChI is InChI=1S/C26H30/c1-4-20-7-9-21(10-8-20)17-22-11-13-23(14-12-22)18-24-15-16-25(5-2)26(6-3)19-24/h7-16,19H,4-6,17-18H2,1-3H3. The maximum Gasteiger partial charge on any atom is -0.00257 e. The quantitative estimate of drug-likeness (QED) is 0.456. The Kier molecular flexibility index (Phi) is 6.28. The Morgan fingerprint density at radius 1 is 0.423 bits per heavy atom. The highest BCUT2D eigenvalue weighted by Crippen LogP contribution is 2.18. The molecule has 0 bridgehead atoms. The van der Waals surface area contributed by atoms with Gasteiger partial charge in [-0.25, -0.2) is 0 Å². The summed E-state index contributed by atoms with van der Waals surface area (Å²) in [5.74, 6) is 0. The van der Waals surface area contributed by atoms with Gasteiger partial charge in [0.25, 0.3) is 0 Å². The van der Waals surface area contributed by atoms with Crippen LogP contribution in [0.25, 0.3) is 0 Å². The van der Waals surface area contributed by atoms with Crippen LogP contribution in [0, 0.1) is 0 Å². The average molecular weight is 343 g/mol. The minimum Gasteiger partial charge on any atom is -0.0613 e. The van der Waals surface area contributed by atoms with Crippen LogP contribution in [0.4, 0.5) is 0 Å². The summed E-state index contributed by atoms with van der Waals surface area (Å²) in [6.45, 7) is 6.69. The molecule has 0 heterocycles. The van der Waals surface area contributed by atoms with E-state index in [0.717, 1.165) is 32.1 Å². The third kappa shape index (κ3) is 4.64. The second-order valence-electron chi connectivity index (χ2n) is 7.15. The molecule has 3 rings (SSSR count). The van der Waals surface area contributed by atoms with E-state index in [1.54, 1.807) is 0 Å². The minimum atomic E-state index is 1.01. The summed E-state index contributed by atoms with van der Waals surface area (Å²) in [5, 5.41) is 0. The summed E-state index contributed by atoms with van der Waals surface area (Å²) in [6, 6.07) is 25.1. The van der Waals surface area contributed by atoms with Gasteiger partial charge in [0.15, 0.2) is 0 Å². The molecule has 0 saturated heterocycles. The zero-order chi connectivity index (χ0) is 18.4. The van der Waals surface area contributed by atoms with Gasteiger partial charge >= 0.3 is 0 Å². The first-order valence-corrected chi connectivity index (χ1v) is 9.98. The smallest absolute Gasteiger partial charge is 0.00257 e. The number of hydrogen-bond donors (Lipinski definition) is 0. The fraction of sp³-hybridized carbons (Fsp3) is 0.308. The van der Waals surface area contributed by atoms with Crippen LogP contribution >= 0.6 is 0 Å². The maximum absolute atomic E-state index is 2.39. The highest BCUT2D eigenvalue weighted by molar-refractivity contribution is 5.36. The summed E-state index contributed by atoms with van der Waals surface area (Å²) in [5.41, 5.74) is 9.97. The van der Waals surface area contributed by atoms with E-state index < -0.39 is 0 Å². The lowest BCUT2D eigenvalue weighted by molar-refractivity contribution is 1.02. The van der Waals surface area contributed by atoms with E-state index in [1.165, 1.54) is 38.9 Å². The van der Waals surface area contributed by atoms with E-state index in [-0.39, 0.29) is 0 Å². The molecule has 0 fully saturated rings. The van der Waals surface area contributed by atoms with E-state index in [2.05, 4.69) is 87.5 Å². The Labute approximate surface area is 158 Å². The zero-order valence-corrected chi connectivity index (χ0v) is 16.4. The highest BCUT2D eigenvalue weighted by atomic mass is 14.1. The third-order valence-corrected chi connectivity index (χ3v) is 5.30. The van der Waals surface area contributed by atoms with Crippen molar-refractivity contribution in [2.75, 3.05) is 0 Å². The lowest BCUT2D eigenvalue weighted by Crippen LogP contribution is -1.96. The van der Waals surface area contributed by atoms with Crippen LogP contribution in [0.3, 0.4) is 0 Å². The summed E-state index contributed by atoms with van der Waals surface area (Å²) in [6.07, 6.45) is 5.37. The summed E-state index contributed by atoms with van der Waals surface area (Å²) < 4.78 is 0. The molecule has 0 aliphatic carbocycles. The normalized spacial score (nSPS) is 10.9. The van der Waals surface area contributed by atoms with E-state index in [9.17, 15) is 0 Å². The maximum atomic E-state index is 2.39. The van der Waals surface area contributed by atoms with Crippen LogP contribution in [0.15, 0.2) is 66.7 Å². The Bertz CT molecular complexity index is 823. The molecule has 0 nitrogen and oxygen atoms in total. The number of benzene rings is 3. The molecule has 0 unspecified atom stereocenters. The molecule has 0 radical (unpaired) electrons.